The molecule has 1 amide bonds. The van der Waals surface area contributed by atoms with Crippen molar-refractivity contribution < 1.29 is 14.7 Å². The summed E-state index contributed by atoms with van der Waals surface area (Å²) in [5.74, 6) is -1.01. The molecule has 1 aromatic carbocycles. The van der Waals surface area contributed by atoms with E-state index in [-0.39, 0.29) is 12.3 Å². The molecule has 0 aliphatic carbocycles. The Morgan fingerprint density at radius 3 is 2.45 bits per heavy atom. The Kier molecular flexibility index (Phi) is 7.53. The first kappa shape index (κ1) is 16.9. The van der Waals surface area contributed by atoms with Gasteiger partial charge in [-0.2, -0.15) is 0 Å². The van der Waals surface area contributed by atoms with E-state index >= 15 is 0 Å². The zero-order valence-electron chi connectivity index (χ0n) is 11.1. The summed E-state index contributed by atoms with van der Waals surface area (Å²) in [6.07, 6.45) is 2.73. The number of carboxylic acid groups (broad SMARTS) is 1. The molecule has 1 aromatic rings. The fourth-order valence-electron chi connectivity index (χ4n) is 1.67. The van der Waals surface area contributed by atoms with Crippen molar-refractivity contribution in [2.75, 3.05) is 9.74 Å². The summed E-state index contributed by atoms with van der Waals surface area (Å²) in [6, 6.07) is 6.19. The van der Waals surface area contributed by atoms with Crippen molar-refractivity contribution in [2.45, 2.75) is 31.7 Å². The minimum atomic E-state index is -1.02. The molecule has 0 radical (unpaired) electrons. The van der Waals surface area contributed by atoms with E-state index in [4.69, 9.17) is 10.8 Å². The number of carboxylic acids is 1. The topological polar surface area (TPSA) is 92.4 Å². The first-order valence-corrected chi connectivity index (χ1v) is 7.98. The lowest BCUT2D eigenvalue weighted by Crippen LogP contribution is -2.32. The fraction of sp³-hybridized carbons (Fsp3) is 0.429. The van der Waals surface area contributed by atoms with Crippen molar-refractivity contribution in [1.29, 1.82) is 0 Å². The SMILES string of the molecule is N[C@@H](Cc1ccc(NC(=O)CCCCI)cc1)C(=O)O. The van der Waals surface area contributed by atoms with Crippen molar-refractivity contribution >= 4 is 40.2 Å². The molecule has 6 heteroatoms. The monoisotopic (exact) mass is 390 g/mol. The highest BCUT2D eigenvalue weighted by atomic mass is 127. The number of hydrogen-bond acceptors (Lipinski definition) is 3. The number of carbonyl (C=O) groups excluding carboxylic acids is 1. The molecule has 0 unspecified atom stereocenters. The predicted molar refractivity (Wildman–Crippen MR) is 87.1 cm³/mol. The van der Waals surface area contributed by atoms with Gasteiger partial charge in [0.15, 0.2) is 0 Å². The number of unbranched alkanes of at least 4 members (excludes halogenated alkanes) is 1. The van der Waals surface area contributed by atoms with E-state index in [2.05, 4.69) is 27.9 Å². The number of nitrogens with two attached hydrogens (primary N) is 1. The first-order chi connectivity index (χ1) is 9.52. The van der Waals surface area contributed by atoms with Crippen molar-refractivity contribution in [3.63, 3.8) is 0 Å². The molecule has 0 heterocycles. The fourth-order valence-corrected chi connectivity index (χ4v) is 2.21. The number of alkyl halides is 1. The van der Waals surface area contributed by atoms with E-state index in [1.54, 1.807) is 24.3 Å². The molecular formula is C14H19IN2O3. The maximum Gasteiger partial charge on any atom is 0.320 e. The average Bonchev–Trinajstić information content (AvgIpc) is 2.41. The molecule has 0 aromatic heterocycles. The predicted octanol–water partition coefficient (Wildman–Crippen LogP) is 2.18. The lowest BCUT2D eigenvalue weighted by molar-refractivity contribution is -0.138. The third-order valence-electron chi connectivity index (χ3n) is 2.80. The smallest absolute Gasteiger partial charge is 0.320 e. The molecule has 0 aliphatic heterocycles. The third-order valence-corrected chi connectivity index (χ3v) is 3.56. The van der Waals surface area contributed by atoms with E-state index in [9.17, 15) is 9.59 Å². The molecule has 0 saturated carbocycles. The summed E-state index contributed by atoms with van der Waals surface area (Å²) in [5.41, 5.74) is 7.02. The van der Waals surface area contributed by atoms with Gasteiger partial charge >= 0.3 is 5.97 Å². The molecule has 110 valence electrons. The Morgan fingerprint density at radius 2 is 1.90 bits per heavy atom. The Labute approximate surface area is 132 Å². The van der Waals surface area contributed by atoms with Crippen LogP contribution in [0.1, 0.15) is 24.8 Å². The number of anilines is 1. The lowest BCUT2D eigenvalue weighted by Gasteiger charge is -2.08. The van der Waals surface area contributed by atoms with Crippen LogP contribution in [0, 0.1) is 0 Å². The number of halogens is 1. The molecule has 0 fully saturated rings. The second kappa shape index (κ2) is 8.91. The van der Waals surface area contributed by atoms with Crippen LogP contribution in [0.4, 0.5) is 5.69 Å². The molecule has 4 N–H and O–H groups in total. The standard InChI is InChI=1S/C14H19IN2O3/c15-8-2-1-3-13(18)17-11-6-4-10(5-7-11)9-12(16)14(19)20/h4-7,12H,1-3,8-9,16H2,(H,17,18)(H,19,20)/t12-/m0/s1. The van der Waals surface area contributed by atoms with Crippen LogP contribution < -0.4 is 11.1 Å². The summed E-state index contributed by atoms with van der Waals surface area (Å²) >= 11 is 2.29. The van der Waals surface area contributed by atoms with Gasteiger partial charge in [-0.3, -0.25) is 9.59 Å². The molecular weight excluding hydrogens is 371 g/mol. The van der Waals surface area contributed by atoms with Crippen LogP contribution in [0.15, 0.2) is 24.3 Å². The Balaban J connectivity index is 2.46. The van der Waals surface area contributed by atoms with E-state index in [1.165, 1.54) is 0 Å². The van der Waals surface area contributed by atoms with Gasteiger partial charge in [0.1, 0.15) is 6.04 Å². The zero-order valence-corrected chi connectivity index (χ0v) is 13.3. The molecule has 20 heavy (non-hydrogen) atoms. The second-order valence-electron chi connectivity index (χ2n) is 4.54. The van der Waals surface area contributed by atoms with Gasteiger partial charge in [-0.25, -0.2) is 0 Å². The van der Waals surface area contributed by atoms with Crippen molar-refractivity contribution in [2.24, 2.45) is 5.73 Å². The van der Waals surface area contributed by atoms with Gasteiger partial charge in [0.2, 0.25) is 5.91 Å². The molecule has 1 rings (SSSR count). The molecule has 0 aliphatic rings. The van der Waals surface area contributed by atoms with Crippen LogP contribution in [0.5, 0.6) is 0 Å². The number of nitrogens with one attached hydrogen (secondary N) is 1. The molecule has 1 atom stereocenters. The summed E-state index contributed by atoms with van der Waals surface area (Å²) in [5, 5.41) is 11.6. The van der Waals surface area contributed by atoms with E-state index in [0.717, 1.165) is 28.5 Å². The number of aliphatic carboxylic acids is 1. The summed E-state index contributed by atoms with van der Waals surface area (Å²) in [6.45, 7) is 0. The summed E-state index contributed by atoms with van der Waals surface area (Å²) in [4.78, 5) is 22.3. The van der Waals surface area contributed by atoms with Gasteiger partial charge in [0.25, 0.3) is 0 Å². The number of carbonyl (C=O) groups is 2. The second-order valence-corrected chi connectivity index (χ2v) is 5.62. The van der Waals surface area contributed by atoms with Gasteiger partial charge in [-0.1, -0.05) is 34.7 Å². The highest BCUT2D eigenvalue weighted by Gasteiger charge is 2.11. The number of rotatable bonds is 8. The van der Waals surface area contributed by atoms with Crippen LogP contribution in [0.3, 0.4) is 0 Å². The van der Waals surface area contributed by atoms with Crippen LogP contribution in [-0.4, -0.2) is 27.5 Å². The van der Waals surface area contributed by atoms with Crippen LogP contribution >= 0.6 is 22.6 Å². The van der Waals surface area contributed by atoms with Crippen molar-refractivity contribution in [1.82, 2.24) is 0 Å². The maximum absolute atomic E-state index is 11.6. The highest BCUT2D eigenvalue weighted by Crippen LogP contribution is 2.12. The van der Waals surface area contributed by atoms with Crippen LogP contribution in [-0.2, 0) is 16.0 Å². The van der Waals surface area contributed by atoms with E-state index in [1.807, 2.05) is 0 Å². The lowest BCUT2D eigenvalue weighted by atomic mass is 10.1. The van der Waals surface area contributed by atoms with Gasteiger partial charge in [-0.05, 0) is 41.4 Å². The zero-order chi connectivity index (χ0) is 15.0. The Morgan fingerprint density at radius 1 is 1.25 bits per heavy atom. The largest absolute Gasteiger partial charge is 0.480 e. The average molecular weight is 390 g/mol. The minimum absolute atomic E-state index is 0.00448. The quantitative estimate of drug-likeness (QED) is 0.361. The first-order valence-electron chi connectivity index (χ1n) is 6.46. The molecule has 0 saturated heterocycles. The van der Waals surface area contributed by atoms with Crippen LogP contribution in [0.25, 0.3) is 0 Å². The summed E-state index contributed by atoms with van der Waals surface area (Å²) < 4.78 is 1.06. The third kappa shape index (κ3) is 6.33. The van der Waals surface area contributed by atoms with Crippen LogP contribution in [0.2, 0.25) is 0 Å². The number of hydrogen-bond donors (Lipinski definition) is 3. The van der Waals surface area contributed by atoms with Gasteiger partial charge < -0.3 is 16.2 Å². The molecule has 0 bridgehead atoms. The summed E-state index contributed by atoms with van der Waals surface area (Å²) in [7, 11) is 0. The van der Waals surface area contributed by atoms with Gasteiger partial charge in [0.05, 0.1) is 0 Å². The Hall–Kier alpha value is -1.15. The minimum Gasteiger partial charge on any atom is -0.480 e. The molecule has 0 spiro atoms. The normalized spacial score (nSPS) is 11.9. The number of amides is 1. The molecule has 5 nitrogen and oxygen atoms in total. The van der Waals surface area contributed by atoms with E-state index in [0.29, 0.717) is 6.42 Å². The maximum atomic E-state index is 11.6. The van der Waals surface area contributed by atoms with Crippen molar-refractivity contribution in [3.8, 4) is 0 Å². The Bertz CT molecular complexity index is 448. The van der Waals surface area contributed by atoms with E-state index < -0.39 is 12.0 Å². The van der Waals surface area contributed by atoms with Gasteiger partial charge in [0, 0.05) is 12.1 Å². The number of benzene rings is 1. The highest BCUT2D eigenvalue weighted by molar-refractivity contribution is 14.1. The van der Waals surface area contributed by atoms with Crippen molar-refractivity contribution in [3.05, 3.63) is 29.8 Å². The van der Waals surface area contributed by atoms with Gasteiger partial charge in [-0.15, -0.1) is 0 Å².